The number of thioether (sulfide) groups is 1. The number of ether oxygens (including phenoxy) is 2. The Labute approximate surface area is 103 Å². The summed E-state index contributed by atoms with van der Waals surface area (Å²) >= 11 is 1.37. The zero-order valence-corrected chi connectivity index (χ0v) is 10.7. The minimum Gasteiger partial charge on any atom is -0.468 e. The summed E-state index contributed by atoms with van der Waals surface area (Å²) in [6.45, 7) is 1.75. The van der Waals surface area contributed by atoms with E-state index in [9.17, 15) is 9.59 Å². The van der Waals surface area contributed by atoms with Crippen LogP contribution in [-0.4, -0.2) is 31.4 Å². The lowest BCUT2D eigenvalue weighted by molar-refractivity contribution is -0.139. The summed E-state index contributed by atoms with van der Waals surface area (Å²) in [7, 11) is 2.64. The van der Waals surface area contributed by atoms with Crippen molar-refractivity contribution in [3.05, 3.63) is 23.7 Å². The van der Waals surface area contributed by atoms with Gasteiger partial charge in [-0.15, -0.1) is 11.8 Å². The largest absolute Gasteiger partial charge is 0.468 e. The van der Waals surface area contributed by atoms with E-state index in [1.165, 1.54) is 26.0 Å². The molecule has 0 aliphatic heterocycles. The molecule has 0 aliphatic rings. The zero-order valence-electron chi connectivity index (χ0n) is 9.89. The first kappa shape index (κ1) is 13.6. The smallest absolute Gasteiger partial charge is 0.373 e. The van der Waals surface area contributed by atoms with Crippen molar-refractivity contribution in [2.75, 3.05) is 14.2 Å². The van der Waals surface area contributed by atoms with Gasteiger partial charge in [-0.3, -0.25) is 4.79 Å². The highest BCUT2D eigenvalue weighted by molar-refractivity contribution is 7.99. The summed E-state index contributed by atoms with van der Waals surface area (Å²) in [6.07, 6.45) is 0. The van der Waals surface area contributed by atoms with Gasteiger partial charge in [0.05, 0.1) is 20.0 Å². The third-order valence-corrected chi connectivity index (χ3v) is 3.20. The maximum atomic E-state index is 11.1. The summed E-state index contributed by atoms with van der Waals surface area (Å²) < 4.78 is 14.4. The lowest BCUT2D eigenvalue weighted by Gasteiger charge is -2.06. The molecule has 6 heteroatoms. The van der Waals surface area contributed by atoms with Gasteiger partial charge in [-0.2, -0.15) is 0 Å². The average Bonchev–Trinajstić information content (AvgIpc) is 2.82. The van der Waals surface area contributed by atoms with Crippen LogP contribution in [0.1, 0.15) is 23.2 Å². The third kappa shape index (κ3) is 3.81. The molecule has 1 heterocycles. The Morgan fingerprint density at radius 2 is 2.06 bits per heavy atom. The van der Waals surface area contributed by atoms with Crippen molar-refractivity contribution in [2.24, 2.45) is 0 Å². The van der Waals surface area contributed by atoms with Gasteiger partial charge >= 0.3 is 11.9 Å². The van der Waals surface area contributed by atoms with E-state index in [0.29, 0.717) is 11.5 Å². The monoisotopic (exact) mass is 258 g/mol. The number of esters is 2. The van der Waals surface area contributed by atoms with Gasteiger partial charge in [-0.1, -0.05) is 0 Å². The second-order valence-electron chi connectivity index (χ2n) is 3.23. The summed E-state index contributed by atoms with van der Waals surface area (Å²) in [5, 5.41) is -0.272. The second-order valence-corrected chi connectivity index (χ2v) is 4.56. The van der Waals surface area contributed by atoms with E-state index in [-0.39, 0.29) is 17.0 Å². The van der Waals surface area contributed by atoms with Crippen molar-refractivity contribution in [3.63, 3.8) is 0 Å². The first-order valence-corrected chi connectivity index (χ1v) is 5.99. The van der Waals surface area contributed by atoms with Crippen LogP contribution >= 0.6 is 11.8 Å². The third-order valence-electron chi connectivity index (χ3n) is 2.06. The Bertz CT molecular complexity index is 398. The Hall–Kier alpha value is -1.43. The predicted octanol–water partition coefficient (Wildman–Crippen LogP) is 1.86. The van der Waals surface area contributed by atoms with Gasteiger partial charge in [0.15, 0.2) is 0 Å². The SMILES string of the molecule is COC(=O)c1ccc(CSC(C)C(=O)OC)o1. The molecule has 0 bridgehead atoms. The van der Waals surface area contributed by atoms with Crippen molar-refractivity contribution in [1.82, 2.24) is 0 Å². The van der Waals surface area contributed by atoms with Crippen molar-refractivity contribution in [2.45, 2.75) is 17.9 Å². The molecule has 0 spiro atoms. The van der Waals surface area contributed by atoms with Crippen molar-refractivity contribution >= 4 is 23.7 Å². The molecule has 0 aromatic carbocycles. The highest BCUT2D eigenvalue weighted by Crippen LogP contribution is 2.20. The van der Waals surface area contributed by atoms with Gasteiger partial charge in [-0.05, 0) is 19.1 Å². The molecule has 0 aliphatic carbocycles. The van der Waals surface area contributed by atoms with Crippen LogP contribution in [-0.2, 0) is 20.0 Å². The maximum Gasteiger partial charge on any atom is 0.373 e. The summed E-state index contributed by atoms with van der Waals surface area (Å²) in [5.41, 5.74) is 0. The van der Waals surface area contributed by atoms with Crippen LogP contribution in [0.5, 0.6) is 0 Å². The Morgan fingerprint density at radius 3 is 2.65 bits per heavy atom. The number of hydrogen-bond donors (Lipinski definition) is 0. The van der Waals surface area contributed by atoms with Crippen LogP contribution in [0.25, 0.3) is 0 Å². The molecular weight excluding hydrogens is 244 g/mol. The first-order valence-electron chi connectivity index (χ1n) is 4.95. The predicted molar refractivity (Wildman–Crippen MR) is 62.8 cm³/mol. The maximum absolute atomic E-state index is 11.1. The molecule has 1 atom stereocenters. The Balaban J connectivity index is 2.50. The van der Waals surface area contributed by atoms with E-state index < -0.39 is 5.97 Å². The molecule has 0 saturated heterocycles. The molecule has 17 heavy (non-hydrogen) atoms. The molecule has 0 saturated carbocycles. The number of carbonyl (C=O) groups is 2. The molecule has 0 N–H and O–H groups in total. The zero-order chi connectivity index (χ0) is 12.8. The van der Waals surface area contributed by atoms with E-state index >= 15 is 0 Å². The molecule has 0 radical (unpaired) electrons. The van der Waals surface area contributed by atoms with Gasteiger partial charge in [0, 0.05) is 0 Å². The van der Waals surface area contributed by atoms with Crippen LogP contribution in [0.4, 0.5) is 0 Å². The minimum absolute atomic E-state index is 0.161. The topological polar surface area (TPSA) is 65.7 Å². The molecule has 1 aromatic heterocycles. The summed E-state index contributed by atoms with van der Waals surface area (Å²) in [5.74, 6) is 0.477. The minimum atomic E-state index is -0.512. The fourth-order valence-electron chi connectivity index (χ4n) is 1.11. The van der Waals surface area contributed by atoms with Gasteiger partial charge in [0.25, 0.3) is 0 Å². The first-order chi connectivity index (χ1) is 8.08. The number of furan rings is 1. The lowest BCUT2D eigenvalue weighted by Crippen LogP contribution is -2.14. The fourth-order valence-corrected chi connectivity index (χ4v) is 1.91. The highest BCUT2D eigenvalue weighted by atomic mass is 32.2. The molecule has 5 nitrogen and oxygen atoms in total. The Morgan fingerprint density at radius 1 is 1.35 bits per heavy atom. The van der Waals surface area contributed by atoms with E-state index in [2.05, 4.69) is 9.47 Å². The number of hydrogen-bond acceptors (Lipinski definition) is 6. The lowest BCUT2D eigenvalue weighted by atomic mass is 10.4. The van der Waals surface area contributed by atoms with E-state index in [0.717, 1.165) is 0 Å². The number of methoxy groups -OCH3 is 2. The quantitative estimate of drug-likeness (QED) is 0.751. The van der Waals surface area contributed by atoms with Crippen LogP contribution < -0.4 is 0 Å². The molecule has 1 rings (SSSR count). The standard InChI is InChI=1S/C11H14O5S/c1-7(10(12)14-2)17-6-8-4-5-9(16-8)11(13)15-3/h4-5,7H,6H2,1-3H3. The van der Waals surface area contributed by atoms with Crippen LogP contribution in [0, 0.1) is 0 Å². The van der Waals surface area contributed by atoms with Gasteiger partial charge in [0.1, 0.15) is 11.0 Å². The number of carbonyl (C=O) groups excluding carboxylic acids is 2. The molecular formula is C11H14O5S. The van der Waals surface area contributed by atoms with Gasteiger partial charge < -0.3 is 13.9 Å². The summed E-state index contributed by atoms with van der Waals surface area (Å²) in [4.78, 5) is 22.3. The van der Waals surface area contributed by atoms with Crippen LogP contribution in [0.2, 0.25) is 0 Å². The molecule has 94 valence electrons. The highest BCUT2D eigenvalue weighted by Gasteiger charge is 2.16. The second kappa shape index (κ2) is 6.34. The molecule has 0 amide bonds. The van der Waals surface area contributed by atoms with Gasteiger partial charge in [0.2, 0.25) is 5.76 Å². The normalized spacial score (nSPS) is 11.9. The van der Waals surface area contributed by atoms with Crippen molar-refractivity contribution in [1.29, 1.82) is 0 Å². The van der Waals surface area contributed by atoms with E-state index in [1.807, 2.05) is 0 Å². The van der Waals surface area contributed by atoms with E-state index in [4.69, 9.17) is 4.42 Å². The molecule has 0 fully saturated rings. The Kier molecular flexibility index (Phi) is 5.09. The van der Waals surface area contributed by atoms with Crippen LogP contribution in [0.3, 0.4) is 0 Å². The average molecular weight is 258 g/mol. The fraction of sp³-hybridized carbons (Fsp3) is 0.455. The van der Waals surface area contributed by atoms with E-state index in [1.54, 1.807) is 19.1 Å². The number of rotatable bonds is 5. The van der Waals surface area contributed by atoms with Crippen molar-refractivity contribution < 1.29 is 23.5 Å². The van der Waals surface area contributed by atoms with Crippen molar-refractivity contribution in [3.8, 4) is 0 Å². The molecule has 1 aromatic rings. The summed E-state index contributed by atoms with van der Waals surface area (Å²) in [6, 6.07) is 3.23. The van der Waals surface area contributed by atoms with Gasteiger partial charge in [-0.25, -0.2) is 4.79 Å². The molecule has 1 unspecified atom stereocenters. The van der Waals surface area contributed by atoms with Crippen LogP contribution in [0.15, 0.2) is 16.5 Å².